The smallest absolute Gasteiger partial charge is 0.263 e. The van der Waals surface area contributed by atoms with E-state index in [4.69, 9.17) is 22.7 Å². The van der Waals surface area contributed by atoms with Gasteiger partial charge in [0, 0.05) is 16.5 Å². The van der Waals surface area contributed by atoms with E-state index >= 15 is 0 Å². The van der Waals surface area contributed by atoms with Crippen molar-refractivity contribution in [3.8, 4) is 16.9 Å². The lowest BCUT2D eigenvalue weighted by atomic mass is 10.0. The minimum Gasteiger partial charge on any atom is -0.496 e. The van der Waals surface area contributed by atoms with E-state index in [0.29, 0.717) is 10.2 Å². The summed E-state index contributed by atoms with van der Waals surface area (Å²) in [5, 5.41) is 2.50. The van der Waals surface area contributed by atoms with Crippen molar-refractivity contribution in [3.05, 3.63) is 45.8 Å². The van der Waals surface area contributed by atoms with Crippen molar-refractivity contribution in [1.82, 2.24) is 9.55 Å². The van der Waals surface area contributed by atoms with Crippen LogP contribution in [-0.4, -0.2) is 21.6 Å². The summed E-state index contributed by atoms with van der Waals surface area (Å²) in [5.74, 6) is 0.722. The summed E-state index contributed by atoms with van der Waals surface area (Å²) in [7, 11) is 1.62. The SMILES string of the molecule is COc1ccc(C)cc1-c1csc2ncn(CC(N)=S)c(=O)c12. The molecule has 23 heavy (non-hydrogen) atoms. The van der Waals surface area contributed by atoms with E-state index in [-0.39, 0.29) is 17.1 Å². The van der Waals surface area contributed by atoms with Gasteiger partial charge >= 0.3 is 0 Å². The van der Waals surface area contributed by atoms with Gasteiger partial charge in [-0.1, -0.05) is 23.8 Å². The predicted octanol–water partition coefficient (Wildman–Crippen LogP) is 2.73. The van der Waals surface area contributed by atoms with E-state index in [1.807, 2.05) is 30.5 Å². The molecule has 0 amide bonds. The summed E-state index contributed by atoms with van der Waals surface area (Å²) in [6, 6.07) is 5.88. The Morgan fingerprint density at radius 1 is 1.43 bits per heavy atom. The number of benzene rings is 1. The molecule has 0 bridgehead atoms. The Morgan fingerprint density at radius 2 is 2.22 bits per heavy atom. The van der Waals surface area contributed by atoms with Gasteiger partial charge in [0.05, 0.1) is 30.4 Å². The molecule has 0 spiro atoms. The molecule has 0 unspecified atom stereocenters. The third-order valence-corrected chi connectivity index (χ3v) is 4.55. The monoisotopic (exact) mass is 345 g/mol. The zero-order chi connectivity index (χ0) is 16.6. The highest BCUT2D eigenvalue weighted by molar-refractivity contribution is 7.80. The first-order valence-corrected chi connectivity index (χ1v) is 8.20. The lowest BCUT2D eigenvalue weighted by Gasteiger charge is -2.09. The van der Waals surface area contributed by atoms with Crippen LogP contribution in [0, 0.1) is 6.92 Å². The summed E-state index contributed by atoms with van der Waals surface area (Å²) < 4.78 is 6.88. The molecule has 0 aliphatic rings. The average Bonchev–Trinajstić information content (AvgIpc) is 2.94. The number of nitrogens with zero attached hydrogens (tertiary/aromatic N) is 2. The topological polar surface area (TPSA) is 70.1 Å². The van der Waals surface area contributed by atoms with Gasteiger partial charge in [-0.3, -0.25) is 9.36 Å². The summed E-state index contributed by atoms with van der Waals surface area (Å²) in [6.45, 7) is 2.18. The number of thiocarbonyl (C=S) groups is 1. The van der Waals surface area contributed by atoms with E-state index in [1.54, 1.807) is 7.11 Å². The zero-order valence-electron chi connectivity index (χ0n) is 12.7. The molecule has 0 aliphatic carbocycles. The molecule has 0 saturated heterocycles. The summed E-state index contributed by atoms with van der Waals surface area (Å²) in [6.07, 6.45) is 1.48. The van der Waals surface area contributed by atoms with Crippen molar-refractivity contribution in [2.75, 3.05) is 7.11 Å². The Kier molecular flexibility index (Phi) is 4.14. The molecule has 2 heterocycles. The molecule has 118 valence electrons. The van der Waals surface area contributed by atoms with Gasteiger partial charge in [0.25, 0.3) is 5.56 Å². The summed E-state index contributed by atoms with van der Waals surface area (Å²) in [4.78, 5) is 18.1. The van der Waals surface area contributed by atoms with Crippen molar-refractivity contribution in [3.63, 3.8) is 0 Å². The van der Waals surface area contributed by atoms with Gasteiger partial charge in [-0.25, -0.2) is 4.98 Å². The molecule has 3 rings (SSSR count). The number of hydrogen-bond donors (Lipinski definition) is 1. The number of aromatic nitrogens is 2. The van der Waals surface area contributed by atoms with Crippen LogP contribution in [0.3, 0.4) is 0 Å². The lowest BCUT2D eigenvalue weighted by Crippen LogP contribution is -2.27. The highest BCUT2D eigenvalue weighted by Crippen LogP contribution is 2.36. The number of nitrogens with two attached hydrogens (primary N) is 1. The third kappa shape index (κ3) is 2.85. The molecule has 3 aromatic rings. The number of methoxy groups -OCH3 is 1. The van der Waals surface area contributed by atoms with Crippen LogP contribution in [0.1, 0.15) is 5.56 Å². The van der Waals surface area contributed by atoms with Crippen molar-refractivity contribution < 1.29 is 4.74 Å². The van der Waals surface area contributed by atoms with Crippen molar-refractivity contribution in [2.24, 2.45) is 5.73 Å². The number of fused-ring (bicyclic) bond motifs is 1. The fourth-order valence-electron chi connectivity index (χ4n) is 2.48. The predicted molar refractivity (Wildman–Crippen MR) is 97.4 cm³/mol. The van der Waals surface area contributed by atoms with Crippen LogP contribution in [-0.2, 0) is 6.54 Å². The number of hydrogen-bond acceptors (Lipinski definition) is 5. The zero-order valence-corrected chi connectivity index (χ0v) is 14.3. The molecule has 0 fully saturated rings. The fraction of sp³-hybridized carbons (Fsp3) is 0.188. The molecule has 2 aromatic heterocycles. The Balaban J connectivity index is 2.29. The maximum atomic E-state index is 12.8. The molecular weight excluding hydrogens is 330 g/mol. The van der Waals surface area contributed by atoms with E-state index in [2.05, 4.69) is 4.98 Å². The normalized spacial score (nSPS) is 10.9. The Labute approximate surface area is 142 Å². The van der Waals surface area contributed by atoms with Gasteiger partial charge in [0.15, 0.2) is 0 Å². The molecule has 2 N–H and O–H groups in total. The number of ether oxygens (including phenoxy) is 1. The number of thiophene rings is 1. The first-order valence-electron chi connectivity index (χ1n) is 6.91. The minimum atomic E-state index is -0.150. The molecule has 0 aliphatic heterocycles. The van der Waals surface area contributed by atoms with Crippen molar-refractivity contribution in [2.45, 2.75) is 13.5 Å². The van der Waals surface area contributed by atoms with Crippen LogP contribution in [0.25, 0.3) is 21.3 Å². The van der Waals surface area contributed by atoms with E-state index < -0.39 is 0 Å². The van der Waals surface area contributed by atoms with E-state index in [0.717, 1.165) is 22.4 Å². The molecule has 1 aromatic carbocycles. The second kappa shape index (κ2) is 6.10. The van der Waals surface area contributed by atoms with E-state index in [9.17, 15) is 4.79 Å². The second-order valence-corrected chi connectivity index (χ2v) is 6.56. The Hall–Kier alpha value is -2.25. The summed E-state index contributed by atoms with van der Waals surface area (Å²) in [5.41, 5.74) is 8.19. The van der Waals surface area contributed by atoms with E-state index in [1.165, 1.54) is 22.2 Å². The quantitative estimate of drug-likeness (QED) is 0.736. The van der Waals surface area contributed by atoms with Gasteiger partial charge in [-0.2, -0.15) is 0 Å². The fourth-order valence-corrected chi connectivity index (χ4v) is 3.52. The van der Waals surface area contributed by atoms with Gasteiger partial charge in [-0.05, 0) is 19.1 Å². The molecule has 0 radical (unpaired) electrons. The van der Waals surface area contributed by atoms with Gasteiger partial charge < -0.3 is 10.5 Å². The summed E-state index contributed by atoms with van der Waals surface area (Å²) >= 11 is 6.33. The molecule has 0 atom stereocenters. The lowest BCUT2D eigenvalue weighted by molar-refractivity contribution is 0.416. The first-order chi connectivity index (χ1) is 11.0. The van der Waals surface area contributed by atoms with Gasteiger partial charge in [0.2, 0.25) is 0 Å². The largest absolute Gasteiger partial charge is 0.496 e. The van der Waals surface area contributed by atoms with Crippen LogP contribution in [0.2, 0.25) is 0 Å². The first kappa shape index (κ1) is 15.6. The standard InChI is InChI=1S/C16H15N3O2S2/c1-9-3-4-12(21-2)10(5-9)11-7-23-15-14(11)16(20)19(8-18-15)6-13(17)22/h3-5,7-8H,6H2,1-2H3,(H2,17,22). The van der Waals surface area contributed by atoms with Crippen LogP contribution >= 0.6 is 23.6 Å². The minimum absolute atomic E-state index is 0.150. The number of rotatable bonds is 4. The Morgan fingerprint density at radius 3 is 2.91 bits per heavy atom. The Bertz CT molecular complexity index is 960. The van der Waals surface area contributed by atoms with Crippen molar-refractivity contribution in [1.29, 1.82) is 0 Å². The van der Waals surface area contributed by atoms with Gasteiger partial charge in [-0.15, -0.1) is 11.3 Å². The highest BCUT2D eigenvalue weighted by Gasteiger charge is 2.16. The molecular formula is C16H15N3O2S2. The molecule has 5 nitrogen and oxygen atoms in total. The average molecular weight is 345 g/mol. The van der Waals surface area contributed by atoms with Crippen LogP contribution in [0.15, 0.2) is 34.7 Å². The van der Waals surface area contributed by atoms with Gasteiger partial charge in [0.1, 0.15) is 10.6 Å². The van der Waals surface area contributed by atoms with Crippen LogP contribution in [0.4, 0.5) is 0 Å². The molecule has 0 saturated carbocycles. The maximum absolute atomic E-state index is 12.8. The maximum Gasteiger partial charge on any atom is 0.263 e. The van der Waals surface area contributed by atoms with Crippen LogP contribution < -0.4 is 16.0 Å². The number of aryl methyl sites for hydroxylation is 1. The second-order valence-electron chi connectivity index (χ2n) is 5.18. The van der Waals surface area contributed by atoms with Crippen LogP contribution in [0.5, 0.6) is 5.75 Å². The van der Waals surface area contributed by atoms with Crippen molar-refractivity contribution >= 4 is 38.8 Å². The third-order valence-electron chi connectivity index (χ3n) is 3.53. The highest BCUT2D eigenvalue weighted by atomic mass is 32.1. The molecule has 7 heteroatoms.